The normalized spacial score (nSPS) is 12.8. The number of nitrogens with zero attached hydrogens (tertiary/aromatic N) is 1. The maximum Gasteiger partial charge on any atom is 0.306 e. The highest BCUT2D eigenvalue weighted by Crippen LogP contribution is 2.33. The predicted octanol–water partition coefficient (Wildman–Crippen LogP) is 3.23. The van der Waals surface area contributed by atoms with Crippen molar-refractivity contribution in [1.82, 2.24) is 0 Å². The monoisotopic (exact) mass is 377 g/mol. The van der Waals surface area contributed by atoms with Gasteiger partial charge >= 0.3 is 5.97 Å². The number of Topliss-reactive ketones (excluding diaryl/α,β-unsaturated/α-hetero) is 1. The van der Waals surface area contributed by atoms with Crippen molar-refractivity contribution in [3.63, 3.8) is 0 Å². The summed E-state index contributed by atoms with van der Waals surface area (Å²) in [6.45, 7) is 0.0460. The molecular weight excluding hydrogens is 362 g/mol. The molecule has 8 nitrogen and oxygen atoms in total. The van der Waals surface area contributed by atoms with E-state index in [1.54, 1.807) is 17.5 Å². The lowest BCUT2D eigenvalue weighted by molar-refractivity contribution is -0.385. The Hall–Kier alpha value is -2.78. The summed E-state index contributed by atoms with van der Waals surface area (Å²) in [6.07, 6.45) is -0.00541. The van der Waals surface area contributed by atoms with Crippen LogP contribution < -0.4 is 4.74 Å². The minimum absolute atomic E-state index is 0.0288. The van der Waals surface area contributed by atoms with Crippen LogP contribution in [0.3, 0.4) is 0 Å². The summed E-state index contributed by atoms with van der Waals surface area (Å²) >= 11 is 1.32. The Kier molecular flexibility index (Phi) is 5.59. The smallest absolute Gasteiger partial charge is 0.306 e. The van der Waals surface area contributed by atoms with Gasteiger partial charge in [-0.2, -0.15) is 0 Å². The largest absolute Gasteiger partial charge is 0.467 e. The second-order valence-electron chi connectivity index (χ2n) is 5.52. The van der Waals surface area contributed by atoms with Gasteiger partial charge in [-0.05, 0) is 11.4 Å². The SMILES string of the molecule is O=C(CCC(=O)c1cccs1)OCc1cc([N+](=O)[O-])cc2c1OCOC2. The first-order valence-corrected chi connectivity index (χ1v) is 8.65. The van der Waals surface area contributed by atoms with Gasteiger partial charge in [0.1, 0.15) is 12.4 Å². The summed E-state index contributed by atoms with van der Waals surface area (Å²) in [6, 6.07) is 6.16. The zero-order chi connectivity index (χ0) is 18.5. The second-order valence-corrected chi connectivity index (χ2v) is 6.47. The predicted molar refractivity (Wildman–Crippen MR) is 91.1 cm³/mol. The van der Waals surface area contributed by atoms with Crippen molar-refractivity contribution in [3.05, 3.63) is 55.8 Å². The molecular formula is C17H15NO7S. The van der Waals surface area contributed by atoms with Crippen LogP contribution in [0.25, 0.3) is 0 Å². The fourth-order valence-electron chi connectivity index (χ4n) is 2.50. The summed E-state index contributed by atoms with van der Waals surface area (Å²) in [4.78, 5) is 34.9. The summed E-state index contributed by atoms with van der Waals surface area (Å²) in [7, 11) is 0. The van der Waals surface area contributed by atoms with Crippen molar-refractivity contribution in [2.75, 3.05) is 6.79 Å². The Balaban J connectivity index is 1.61. The van der Waals surface area contributed by atoms with E-state index in [1.807, 2.05) is 0 Å². The molecule has 0 spiro atoms. The average Bonchev–Trinajstić information content (AvgIpc) is 3.18. The number of carbonyl (C=O) groups excluding carboxylic acids is 2. The van der Waals surface area contributed by atoms with Crippen molar-refractivity contribution < 1.29 is 28.7 Å². The summed E-state index contributed by atoms with van der Waals surface area (Å²) in [5.74, 6) is -0.239. The molecule has 136 valence electrons. The van der Waals surface area contributed by atoms with Gasteiger partial charge in [-0.3, -0.25) is 19.7 Å². The lowest BCUT2D eigenvalue weighted by Gasteiger charge is -2.20. The number of fused-ring (bicyclic) bond motifs is 1. The van der Waals surface area contributed by atoms with Gasteiger partial charge in [0.25, 0.3) is 5.69 Å². The Morgan fingerprint density at radius 2 is 2.15 bits per heavy atom. The first-order chi connectivity index (χ1) is 12.5. The van der Waals surface area contributed by atoms with Gasteiger partial charge in [0.05, 0.1) is 22.8 Å². The minimum Gasteiger partial charge on any atom is -0.467 e. The van der Waals surface area contributed by atoms with E-state index in [1.165, 1.54) is 23.5 Å². The molecule has 1 aromatic carbocycles. The number of hydrogen-bond donors (Lipinski definition) is 0. The number of ketones is 1. The van der Waals surface area contributed by atoms with Gasteiger partial charge in [0, 0.05) is 29.7 Å². The molecule has 2 heterocycles. The highest BCUT2D eigenvalue weighted by Gasteiger charge is 2.22. The molecule has 0 N–H and O–H groups in total. The maximum absolute atomic E-state index is 11.9. The van der Waals surface area contributed by atoms with E-state index < -0.39 is 10.9 Å². The van der Waals surface area contributed by atoms with E-state index in [9.17, 15) is 19.7 Å². The lowest BCUT2D eigenvalue weighted by Crippen LogP contribution is -2.15. The number of nitro groups is 1. The first-order valence-electron chi connectivity index (χ1n) is 7.77. The molecule has 0 fully saturated rings. The Morgan fingerprint density at radius 1 is 1.31 bits per heavy atom. The van der Waals surface area contributed by atoms with E-state index in [0.717, 1.165) is 0 Å². The van der Waals surface area contributed by atoms with Gasteiger partial charge in [0.15, 0.2) is 12.6 Å². The number of thiophene rings is 1. The molecule has 0 bridgehead atoms. The molecule has 0 unspecified atom stereocenters. The molecule has 0 saturated heterocycles. The number of esters is 1. The molecule has 1 aromatic heterocycles. The average molecular weight is 377 g/mol. The van der Waals surface area contributed by atoms with Crippen molar-refractivity contribution in [2.24, 2.45) is 0 Å². The minimum atomic E-state index is -0.553. The standard InChI is InChI=1S/C17H15NO7S/c19-14(15-2-1-5-26-15)3-4-16(20)24-9-12-7-13(18(21)22)6-11-8-23-10-25-17(11)12/h1-2,5-7H,3-4,8-10H2. The fourth-order valence-corrected chi connectivity index (χ4v) is 3.19. The maximum atomic E-state index is 11.9. The third-order valence-electron chi connectivity index (χ3n) is 3.72. The zero-order valence-corrected chi connectivity index (χ0v) is 14.5. The third-order valence-corrected chi connectivity index (χ3v) is 4.63. The second kappa shape index (κ2) is 8.07. The van der Waals surface area contributed by atoms with Crippen LogP contribution in [0.4, 0.5) is 5.69 Å². The van der Waals surface area contributed by atoms with Crippen LogP contribution in [0.1, 0.15) is 33.6 Å². The Morgan fingerprint density at radius 3 is 2.88 bits per heavy atom. The van der Waals surface area contributed by atoms with Gasteiger partial charge in [-0.25, -0.2) is 0 Å². The molecule has 0 saturated carbocycles. The van der Waals surface area contributed by atoms with Crippen LogP contribution in [-0.4, -0.2) is 23.5 Å². The molecule has 0 amide bonds. The van der Waals surface area contributed by atoms with Crippen LogP contribution in [0, 0.1) is 10.1 Å². The van der Waals surface area contributed by atoms with E-state index in [-0.39, 0.29) is 44.3 Å². The number of ether oxygens (including phenoxy) is 3. The van der Waals surface area contributed by atoms with Gasteiger partial charge < -0.3 is 14.2 Å². The lowest BCUT2D eigenvalue weighted by atomic mass is 10.1. The number of nitro benzene ring substituents is 1. The van der Waals surface area contributed by atoms with E-state index in [2.05, 4.69) is 0 Å². The van der Waals surface area contributed by atoms with Crippen LogP contribution in [0.5, 0.6) is 5.75 Å². The van der Waals surface area contributed by atoms with Crippen LogP contribution in [-0.2, 0) is 27.5 Å². The number of non-ortho nitro benzene ring substituents is 1. The van der Waals surface area contributed by atoms with E-state index in [0.29, 0.717) is 21.8 Å². The molecule has 2 aromatic rings. The number of hydrogen-bond acceptors (Lipinski definition) is 8. The third kappa shape index (κ3) is 4.24. The van der Waals surface area contributed by atoms with Gasteiger partial charge in [-0.15, -0.1) is 11.3 Å². The molecule has 1 aliphatic heterocycles. The zero-order valence-electron chi connectivity index (χ0n) is 13.6. The first kappa shape index (κ1) is 18.0. The fraction of sp³-hybridized carbons (Fsp3) is 0.294. The van der Waals surface area contributed by atoms with Crippen molar-refractivity contribution >= 4 is 28.8 Å². The summed E-state index contributed by atoms with van der Waals surface area (Å²) in [5.41, 5.74) is 0.802. The van der Waals surface area contributed by atoms with Crippen LogP contribution >= 0.6 is 11.3 Å². The van der Waals surface area contributed by atoms with Crippen LogP contribution in [0.15, 0.2) is 29.6 Å². The van der Waals surface area contributed by atoms with Gasteiger partial charge in [0.2, 0.25) is 0 Å². The van der Waals surface area contributed by atoms with E-state index in [4.69, 9.17) is 14.2 Å². The van der Waals surface area contributed by atoms with Crippen molar-refractivity contribution in [1.29, 1.82) is 0 Å². The molecule has 0 aliphatic carbocycles. The molecule has 26 heavy (non-hydrogen) atoms. The topological polar surface area (TPSA) is 105 Å². The number of carbonyl (C=O) groups is 2. The summed E-state index contributed by atoms with van der Waals surface area (Å²) in [5, 5.41) is 12.8. The number of rotatable bonds is 7. The molecule has 3 rings (SSSR count). The van der Waals surface area contributed by atoms with Crippen molar-refractivity contribution in [3.8, 4) is 5.75 Å². The Bertz CT molecular complexity index is 832. The highest BCUT2D eigenvalue weighted by atomic mass is 32.1. The Labute approximate surface area is 152 Å². The summed E-state index contributed by atoms with van der Waals surface area (Å²) < 4.78 is 15.7. The van der Waals surface area contributed by atoms with Crippen molar-refractivity contribution in [2.45, 2.75) is 26.1 Å². The highest BCUT2D eigenvalue weighted by molar-refractivity contribution is 7.12. The molecule has 0 radical (unpaired) electrons. The molecule has 0 atom stereocenters. The quantitative estimate of drug-likeness (QED) is 0.316. The molecule has 9 heteroatoms. The van der Waals surface area contributed by atoms with Crippen LogP contribution in [0.2, 0.25) is 0 Å². The molecule has 1 aliphatic rings. The van der Waals surface area contributed by atoms with E-state index >= 15 is 0 Å². The van der Waals surface area contributed by atoms with Gasteiger partial charge in [-0.1, -0.05) is 6.07 Å². The number of benzene rings is 1.